The van der Waals surface area contributed by atoms with Crippen LogP contribution in [-0.4, -0.2) is 24.5 Å². The van der Waals surface area contributed by atoms with E-state index < -0.39 is 11.9 Å². The molecule has 1 amide bonds. The number of carbonyl (C=O) groups is 1. The van der Waals surface area contributed by atoms with Crippen molar-refractivity contribution < 1.29 is 19.0 Å². The lowest BCUT2D eigenvalue weighted by Crippen LogP contribution is -2.52. The Morgan fingerprint density at radius 2 is 1.84 bits per heavy atom. The van der Waals surface area contributed by atoms with Crippen LogP contribution < -0.4 is 10.1 Å². The molecule has 1 saturated heterocycles. The van der Waals surface area contributed by atoms with Gasteiger partial charge < -0.3 is 19.5 Å². The molecule has 0 radical (unpaired) electrons. The molecular weight excluding hydrogens is 342 g/mol. The molecule has 0 unspecified atom stereocenters. The number of amides is 1. The largest absolute Gasteiger partial charge is 0.413 e. The summed E-state index contributed by atoms with van der Waals surface area (Å²) in [6.07, 6.45) is -0.949. The van der Waals surface area contributed by atoms with Gasteiger partial charge in [0, 0.05) is 0 Å². The van der Waals surface area contributed by atoms with Gasteiger partial charge in [-0.05, 0) is 31.5 Å². The van der Waals surface area contributed by atoms with Crippen molar-refractivity contribution in [1.29, 1.82) is 0 Å². The molecule has 5 nitrogen and oxygen atoms in total. The third-order valence-electron chi connectivity index (χ3n) is 3.86. The SMILES string of the molecule is CC1(C)OC[C@H](NC(=O)Oc2ccccc2Cl)[C@@H](c2ccccc2)O1. The minimum Gasteiger partial charge on any atom is -0.409 e. The minimum atomic E-state index is -0.731. The van der Waals surface area contributed by atoms with E-state index in [9.17, 15) is 4.79 Å². The van der Waals surface area contributed by atoms with Crippen molar-refractivity contribution in [2.45, 2.75) is 31.8 Å². The minimum absolute atomic E-state index is 0.302. The highest BCUT2D eigenvalue weighted by molar-refractivity contribution is 6.32. The highest BCUT2D eigenvalue weighted by atomic mass is 35.5. The normalized spacial score (nSPS) is 22.2. The maximum atomic E-state index is 12.3. The molecule has 3 rings (SSSR count). The highest BCUT2D eigenvalue weighted by Gasteiger charge is 2.38. The van der Waals surface area contributed by atoms with Crippen molar-refractivity contribution in [3.63, 3.8) is 0 Å². The summed E-state index contributed by atoms with van der Waals surface area (Å²) in [6.45, 7) is 4.01. The summed E-state index contributed by atoms with van der Waals surface area (Å²) in [5.74, 6) is -0.429. The van der Waals surface area contributed by atoms with Crippen molar-refractivity contribution in [1.82, 2.24) is 5.32 Å². The van der Waals surface area contributed by atoms with Crippen LogP contribution in [0.25, 0.3) is 0 Å². The van der Waals surface area contributed by atoms with Crippen molar-refractivity contribution in [3.05, 3.63) is 65.2 Å². The zero-order valence-corrected chi connectivity index (χ0v) is 14.8. The number of rotatable bonds is 3. The van der Waals surface area contributed by atoms with E-state index in [-0.39, 0.29) is 12.1 Å². The Bertz CT molecular complexity index is 735. The van der Waals surface area contributed by atoms with E-state index in [0.29, 0.717) is 17.4 Å². The van der Waals surface area contributed by atoms with Crippen LogP contribution in [0.2, 0.25) is 5.02 Å². The Morgan fingerprint density at radius 3 is 2.56 bits per heavy atom. The van der Waals surface area contributed by atoms with Gasteiger partial charge in [-0.15, -0.1) is 0 Å². The third-order valence-corrected chi connectivity index (χ3v) is 4.17. The number of halogens is 1. The molecule has 1 aliphatic heterocycles. The molecule has 1 heterocycles. The van der Waals surface area contributed by atoms with E-state index in [0.717, 1.165) is 5.56 Å². The molecule has 1 aliphatic rings. The van der Waals surface area contributed by atoms with E-state index in [1.165, 1.54) is 0 Å². The number of hydrogen-bond donors (Lipinski definition) is 1. The number of carbonyl (C=O) groups excluding carboxylic acids is 1. The average Bonchev–Trinajstić information content (AvgIpc) is 2.59. The molecular formula is C19H20ClNO4. The number of hydrogen-bond acceptors (Lipinski definition) is 4. The monoisotopic (exact) mass is 361 g/mol. The second kappa shape index (κ2) is 7.44. The van der Waals surface area contributed by atoms with Crippen molar-refractivity contribution in [3.8, 4) is 5.75 Å². The molecule has 2 aromatic carbocycles. The summed E-state index contributed by atoms with van der Waals surface area (Å²) in [5, 5.41) is 3.18. The molecule has 132 valence electrons. The Morgan fingerprint density at radius 1 is 1.16 bits per heavy atom. The van der Waals surface area contributed by atoms with Crippen molar-refractivity contribution in [2.75, 3.05) is 6.61 Å². The lowest BCUT2D eigenvalue weighted by atomic mass is 10.0. The first-order valence-electron chi connectivity index (χ1n) is 8.04. The van der Waals surface area contributed by atoms with Gasteiger partial charge in [0.1, 0.15) is 6.10 Å². The molecule has 2 aromatic rings. The molecule has 0 saturated carbocycles. The molecule has 0 aromatic heterocycles. The Balaban J connectivity index is 1.73. The molecule has 0 bridgehead atoms. The van der Waals surface area contributed by atoms with E-state index in [4.69, 9.17) is 25.8 Å². The van der Waals surface area contributed by atoms with Crippen LogP contribution in [0.3, 0.4) is 0 Å². The maximum absolute atomic E-state index is 12.3. The van der Waals surface area contributed by atoms with Crippen LogP contribution in [0.1, 0.15) is 25.5 Å². The topological polar surface area (TPSA) is 56.8 Å². The Kier molecular flexibility index (Phi) is 5.27. The van der Waals surface area contributed by atoms with E-state index in [2.05, 4.69) is 5.32 Å². The third kappa shape index (κ3) is 4.51. The Hall–Kier alpha value is -2.08. The van der Waals surface area contributed by atoms with Gasteiger partial charge in [0.2, 0.25) is 0 Å². The molecule has 1 N–H and O–H groups in total. The first kappa shape index (κ1) is 17.7. The first-order valence-corrected chi connectivity index (χ1v) is 8.42. The maximum Gasteiger partial charge on any atom is 0.413 e. The number of benzene rings is 2. The lowest BCUT2D eigenvalue weighted by Gasteiger charge is -2.41. The predicted molar refractivity (Wildman–Crippen MR) is 94.7 cm³/mol. The zero-order chi connectivity index (χ0) is 17.9. The number of nitrogens with one attached hydrogen (secondary N) is 1. The smallest absolute Gasteiger partial charge is 0.409 e. The first-order chi connectivity index (χ1) is 11.9. The van der Waals surface area contributed by atoms with Gasteiger partial charge >= 0.3 is 6.09 Å². The standard InChI is InChI=1S/C19H20ClNO4/c1-19(2)23-12-15(17(25-19)13-8-4-3-5-9-13)21-18(22)24-16-11-7-6-10-14(16)20/h3-11,15,17H,12H2,1-2H3,(H,21,22)/t15-,17+/m0/s1. The molecule has 0 spiro atoms. The van der Waals surface area contributed by atoms with Gasteiger partial charge in [0.25, 0.3) is 0 Å². The van der Waals surface area contributed by atoms with Gasteiger partial charge in [-0.2, -0.15) is 0 Å². The van der Waals surface area contributed by atoms with Gasteiger partial charge in [-0.3, -0.25) is 0 Å². The second-order valence-electron chi connectivity index (χ2n) is 6.23. The molecule has 2 atom stereocenters. The Labute approximate surface area is 151 Å². The molecule has 0 aliphatic carbocycles. The fraction of sp³-hybridized carbons (Fsp3) is 0.316. The average molecular weight is 362 g/mol. The van der Waals surface area contributed by atoms with Gasteiger partial charge in [0.05, 0.1) is 17.7 Å². The van der Waals surface area contributed by atoms with Gasteiger partial charge in [0.15, 0.2) is 11.5 Å². The van der Waals surface area contributed by atoms with Crippen LogP contribution in [0.5, 0.6) is 5.75 Å². The summed E-state index contributed by atoms with van der Waals surface area (Å²) >= 11 is 6.02. The van der Waals surface area contributed by atoms with E-state index in [1.54, 1.807) is 24.3 Å². The molecule has 1 fully saturated rings. The van der Waals surface area contributed by atoms with Crippen LogP contribution in [0.15, 0.2) is 54.6 Å². The summed E-state index contributed by atoms with van der Waals surface area (Å²) in [4.78, 5) is 12.3. The lowest BCUT2D eigenvalue weighted by molar-refractivity contribution is -0.284. The van der Waals surface area contributed by atoms with Gasteiger partial charge in [-0.25, -0.2) is 4.79 Å². The van der Waals surface area contributed by atoms with Crippen LogP contribution in [-0.2, 0) is 9.47 Å². The van der Waals surface area contributed by atoms with Crippen LogP contribution in [0.4, 0.5) is 4.79 Å². The fourth-order valence-electron chi connectivity index (χ4n) is 2.67. The fourth-order valence-corrected chi connectivity index (χ4v) is 2.84. The number of para-hydroxylation sites is 1. The summed E-state index contributed by atoms with van der Waals surface area (Å²) < 4.78 is 17.0. The van der Waals surface area contributed by atoms with Crippen molar-refractivity contribution >= 4 is 17.7 Å². The van der Waals surface area contributed by atoms with Crippen molar-refractivity contribution in [2.24, 2.45) is 0 Å². The highest BCUT2D eigenvalue weighted by Crippen LogP contribution is 2.33. The predicted octanol–water partition coefficient (Wildman–Crippen LogP) is 4.32. The summed E-state index contributed by atoms with van der Waals surface area (Å²) in [5.41, 5.74) is 0.960. The van der Waals surface area contributed by atoms with E-state index >= 15 is 0 Å². The molecule has 6 heteroatoms. The quantitative estimate of drug-likeness (QED) is 0.884. The number of ether oxygens (including phenoxy) is 3. The van der Waals surface area contributed by atoms with Crippen LogP contribution in [0, 0.1) is 0 Å². The summed E-state index contributed by atoms with van der Waals surface area (Å²) in [6, 6.07) is 16.1. The van der Waals surface area contributed by atoms with Gasteiger partial charge in [-0.1, -0.05) is 54.1 Å². The van der Waals surface area contributed by atoms with Crippen LogP contribution >= 0.6 is 11.6 Å². The molecule has 25 heavy (non-hydrogen) atoms. The second-order valence-corrected chi connectivity index (χ2v) is 6.64. The summed E-state index contributed by atoms with van der Waals surface area (Å²) in [7, 11) is 0. The van der Waals surface area contributed by atoms with E-state index in [1.807, 2.05) is 44.2 Å². The zero-order valence-electron chi connectivity index (χ0n) is 14.1.